The van der Waals surface area contributed by atoms with Crippen LogP contribution in [0.3, 0.4) is 0 Å². The Morgan fingerprint density at radius 3 is 2.55 bits per heavy atom. The maximum atomic E-state index is 14.7. The van der Waals surface area contributed by atoms with Gasteiger partial charge in [0.25, 0.3) is 0 Å². The van der Waals surface area contributed by atoms with Gasteiger partial charge in [-0.05, 0) is 60.6 Å². The Labute approximate surface area is 340 Å². The molecule has 0 bridgehead atoms. The van der Waals surface area contributed by atoms with Gasteiger partial charge in [0.2, 0.25) is 23.6 Å². The molecule has 0 saturated carbocycles. The number of carbonyl (C=O) groups is 2. The fraction of sp³-hybridized carbons (Fsp3) is 0.476. The first-order valence-electron chi connectivity index (χ1n) is 19.6. The number of hydrogen-bond donors (Lipinski definition) is 3. The van der Waals surface area contributed by atoms with Crippen LogP contribution >= 0.6 is 11.6 Å². The van der Waals surface area contributed by atoms with Gasteiger partial charge in [-0.2, -0.15) is 18.2 Å². The number of carbonyl (C=O) groups excluding carboxylic acids is 2. The number of pyridine rings is 2. The maximum Gasteiger partial charge on any atom is 0.421 e. The zero-order chi connectivity index (χ0) is 40.8. The number of benzene rings is 1. The Bertz CT molecular complexity index is 2150. The second kappa shape index (κ2) is 15.7. The molecule has 6 heterocycles. The largest absolute Gasteiger partial charge is 0.482 e. The number of rotatable bonds is 11. The molecule has 1 unspecified atom stereocenters. The molecule has 3 N–H and O–H groups in total. The van der Waals surface area contributed by atoms with Crippen LogP contribution in [0, 0.1) is 5.41 Å². The quantitative estimate of drug-likeness (QED) is 0.231. The number of halogens is 4. The molecule has 3 fully saturated rings. The Morgan fingerprint density at radius 2 is 1.88 bits per heavy atom. The van der Waals surface area contributed by atoms with E-state index in [2.05, 4.69) is 36.9 Å². The third kappa shape index (κ3) is 7.59. The van der Waals surface area contributed by atoms with E-state index in [0.717, 1.165) is 47.0 Å². The first-order chi connectivity index (χ1) is 27.8. The molecular formula is C42H47ClF3N7O5. The zero-order valence-electron chi connectivity index (χ0n) is 32.7. The van der Waals surface area contributed by atoms with Crippen molar-refractivity contribution in [2.75, 3.05) is 53.5 Å². The van der Waals surface area contributed by atoms with Crippen LogP contribution in [0.4, 0.5) is 13.2 Å². The van der Waals surface area contributed by atoms with Gasteiger partial charge in [0.1, 0.15) is 17.2 Å². The number of fused-ring (bicyclic) bond motifs is 1. The lowest BCUT2D eigenvalue weighted by Crippen LogP contribution is -2.58. The Hall–Kier alpha value is -4.86. The highest BCUT2D eigenvalue weighted by Crippen LogP contribution is 2.47. The van der Waals surface area contributed by atoms with Crippen LogP contribution in [0.2, 0.25) is 5.02 Å². The molecule has 8 rings (SSSR count). The smallest absolute Gasteiger partial charge is 0.421 e. The Balaban J connectivity index is 1.07. The number of piperidine rings is 1. The van der Waals surface area contributed by atoms with Crippen molar-refractivity contribution < 1.29 is 37.0 Å². The predicted octanol–water partition coefficient (Wildman–Crippen LogP) is 5.41. The van der Waals surface area contributed by atoms with Gasteiger partial charge in [-0.25, -0.2) is 0 Å². The minimum absolute atomic E-state index is 0.0109. The van der Waals surface area contributed by atoms with Crippen LogP contribution in [0.1, 0.15) is 72.1 Å². The number of likely N-dealkylation sites (tertiary alicyclic amines) is 2. The topological polar surface area (TPSA) is 130 Å². The van der Waals surface area contributed by atoms with Gasteiger partial charge in [0.15, 0.2) is 5.88 Å². The molecule has 0 radical (unpaired) electrons. The van der Waals surface area contributed by atoms with Gasteiger partial charge in [-0.3, -0.25) is 19.5 Å². The van der Waals surface area contributed by atoms with E-state index in [1.54, 1.807) is 24.4 Å². The molecule has 1 spiro atoms. The number of nitrogens with one attached hydrogen (secondary N) is 3. The summed E-state index contributed by atoms with van der Waals surface area (Å²) in [4.78, 5) is 36.3. The fourth-order valence-electron chi connectivity index (χ4n) is 9.31. The maximum absolute atomic E-state index is 14.7. The van der Waals surface area contributed by atoms with E-state index in [1.807, 2.05) is 30.3 Å². The summed E-state index contributed by atoms with van der Waals surface area (Å²) in [6, 6.07) is 8.69. The lowest BCUT2D eigenvalue weighted by atomic mass is 9.77. The molecular weight excluding hydrogens is 775 g/mol. The number of nitrogens with zero attached hydrogens (tertiary/aromatic N) is 4. The summed E-state index contributed by atoms with van der Waals surface area (Å²) in [6.45, 7) is 5.71. The van der Waals surface area contributed by atoms with Crippen LogP contribution in [0.15, 0.2) is 66.3 Å². The number of aromatic nitrogens is 2. The molecule has 1 aromatic carbocycles. The number of alkyl halides is 3. The van der Waals surface area contributed by atoms with Crippen molar-refractivity contribution in [3.05, 3.63) is 105 Å². The van der Waals surface area contributed by atoms with E-state index < -0.39 is 29.3 Å². The first kappa shape index (κ1) is 39.9. The number of dihydropyridines is 1. The molecule has 1 aliphatic carbocycles. The number of methoxy groups -OCH3 is 2. The minimum atomic E-state index is -4.75. The summed E-state index contributed by atoms with van der Waals surface area (Å²) in [5.41, 5.74) is 2.40. The second-order valence-electron chi connectivity index (χ2n) is 16.0. The summed E-state index contributed by atoms with van der Waals surface area (Å²) >= 11 is 6.89. The molecule has 3 saturated heterocycles. The molecule has 3 aromatic rings. The fourth-order valence-corrected chi connectivity index (χ4v) is 9.58. The highest BCUT2D eigenvalue weighted by molar-refractivity contribution is 6.31. The number of hydrogen-bond acceptors (Lipinski definition) is 10. The highest BCUT2D eigenvalue weighted by atomic mass is 35.5. The van der Waals surface area contributed by atoms with Crippen LogP contribution in [-0.2, 0) is 39.0 Å². The van der Waals surface area contributed by atoms with E-state index in [-0.39, 0.29) is 41.3 Å². The molecule has 16 heteroatoms. The zero-order valence-corrected chi connectivity index (χ0v) is 33.4. The van der Waals surface area contributed by atoms with Gasteiger partial charge in [0, 0.05) is 99.7 Å². The van der Waals surface area contributed by atoms with Crippen molar-refractivity contribution in [1.29, 1.82) is 0 Å². The van der Waals surface area contributed by atoms with E-state index >= 15 is 0 Å². The van der Waals surface area contributed by atoms with Crippen molar-refractivity contribution in [3.63, 3.8) is 0 Å². The SMILES string of the molecule is COC1=C(CN2CC3(CNC(=O)C3)C2)C=C[C@@](c2ccncc2Cl)(c2cccc3c2CCC3Oc2nc(OC)c(CNC3CCN(C(C)=O)CC3)cc2C(F)(F)F)N1. The lowest BCUT2D eigenvalue weighted by molar-refractivity contribution is -0.139. The molecule has 5 aliphatic rings. The predicted molar refractivity (Wildman–Crippen MR) is 209 cm³/mol. The Kier molecular flexibility index (Phi) is 10.8. The average molecular weight is 822 g/mol. The standard InChI is InChI=1S/C42H47ClF3N7O5/c1-25(54)53-15-11-28(12-16-53)48-19-27-17-33(42(44,45)46)39(50-37(27)56-2)58-35-8-7-29-30(35)5-4-6-31(29)41(32-10-14-47-20-34(32)43)13-9-26(38(51-41)57-3)21-52-23-40(24-52)18-36(55)49-22-40/h4-6,9-10,13-14,17,20,28,35,48,51H,7-8,11-12,15-16,18-19,21-24H2,1-3H3,(H,49,55)/t35?,41-/m0/s1. The van der Waals surface area contributed by atoms with Gasteiger partial charge in [-0.15, -0.1) is 0 Å². The number of amides is 2. The van der Waals surface area contributed by atoms with E-state index in [0.29, 0.717) is 69.2 Å². The second-order valence-corrected chi connectivity index (χ2v) is 16.4. The minimum Gasteiger partial charge on any atom is -0.482 e. The van der Waals surface area contributed by atoms with Gasteiger partial charge < -0.3 is 35.1 Å². The van der Waals surface area contributed by atoms with Crippen LogP contribution < -0.4 is 25.4 Å². The van der Waals surface area contributed by atoms with Crippen LogP contribution in [0.5, 0.6) is 11.8 Å². The van der Waals surface area contributed by atoms with Gasteiger partial charge >= 0.3 is 6.18 Å². The average Bonchev–Trinajstić information content (AvgIpc) is 3.80. The monoisotopic (exact) mass is 821 g/mol. The third-order valence-corrected chi connectivity index (χ3v) is 12.5. The molecule has 2 amide bonds. The van der Waals surface area contributed by atoms with Crippen LogP contribution in [0.25, 0.3) is 0 Å². The van der Waals surface area contributed by atoms with Crippen molar-refractivity contribution in [2.45, 2.75) is 69.4 Å². The first-order valence-corrected chi connectivity index (χ1v) is 20.0. The molecule has 4 aliphatic heterocycles. The summed E-state index contributed by atoms with van der Waals surface area (Å²) in [5.74, 6) is 0.159. The molecule has 12 nitrogen and oxygen atoms in total. The van der Waals surface area contributed by atoms with Crippen LogP contribution in [-0.4, -0.2) is 91.1 Å². The van der Waals surface area contributed by atoms with Crippen molar-refractivity contribution in [3.8, 4) is 11.8 Å². The van der Waals surface area contributed by atoms with Gasteiger partial charge in [-0.1, -0.05) is 35.9 Å². The van der Waals surface area contributed by atoms with E-state index in [1.165, 1.54) is 14.0 Å². The summed E-state index contributed by atoms with van der Waals surface area (Å²) in [6.07, 6.45) is 4.71. The highest BCUT2D eigenvalue weighted by Gasteiger charge is 2.49. The van der Waals surface area contributed by atoms with Crippen molar-refractivity contribution >= 4 is 23.4 Å². The normalized spacial score (nSPS) is 23.1. The molecule has 58 heavy (non-hydrogen) atoms. The molecule has 308 valence electrons. The van der Waals surface area contributed by atoms with Gasteiger partial charge in [0.05, 0.1) is 19.2 Å². The van der Waals surface area contributed by atoms with Crippen molar-refractivity contribution in [2.24, 2.45) is 5.41 Å². The van der Waals surface area contributed by atoms with E-state index in [9.17, 15) is 22.8 Å². The van der Waals surface area contributed by atoms with E-state index in [4.69, 9.17) is 25.8 Å². The van der Waals surface area contributed by atoms with Crippen molar-refractivity contribution in [1.82, 2.24) is 35.7 Å². The summed E-state index contributed by atoms with van der Waals surface area (Å²) in [5, 5.41) is 10.4. The molecule has 2 aromatic heterocycles. The Morgan fingerprint density at radius 1 is 1.09 bits per heavy atom. The third-order valence-electron chi connectivity index (χ3n) is 12.2. The summed E-state index contributed by atoms with van der Waals surface area (Å²) < 4.78 is 62.0. The summed E-state index contributed by atoms with van der Waals surface area (Å²) in [7, 11) is 2.99. The molecule has 2 atom stereocenters. The lowest BCUT2D eigenvalue weighted by Gasteiger charge is -2.48. The number of ether oxygens (including phenoxy) is 3.